The summed E-state index contributed by atoms with van der Waals surface area (Å²) in [6.45, 7) is 2.33. The fourth-order valence-corrected chi connectivity index (χ4v) is 5.85. The molecule has 0 amide bonds. The van der Waals surface area contributed by atoms with E-state index in [-0.39, 0.29) is 5.41 Å². The van der Waals surface area contributed by atoms with Gasteiger partial charge >= 0.3 is 0 Å². The van der Waals surface area contributed by atoms with Gasteiger partial charge in [-0.25, -0.2) is 0 Å². The van der Waals surface area contributed by atoms with Gasteiger partial charge in [-0.05, 0) is 47.0 Å². The minimum Gasteiger partial charge on any atom is -0.455 e. The van der Waals surface area contributed by atoms with E-state index in [1.54, 1.807) is 0 Å². The van der Waals surface area contributed by atoms with Gasteiger partial charge in [-0.15, -0.1) is 0 Å². The van der Waals surface area contributed by atoms with E-state index in [0.29, 0.717) is 5.92 Å². The van der Waals surface area contributed by atoms with Crippen molar-refractivity contribution in [3.8, 4) is 11.1 Å². The van der Waals surface area contributed by atoms with Crippen LogP contribution in [-0.2, 0) is 5.41 Å². The van der Waals surface area contributed by atoms with Gasteiger partial charge in [0.05, 0.1) is 11.1 Å². The minimum absolute atomic E-state index is 0.0813. The van der Waals surface area contributed by atoms with Gasteiger partial charge < -0.3 is 9.73 Å². The van der Waals surface area contributed by atoms with E-state index in [1.165, 1.54) is 11.1 Å². The van der Waals surface area contributed by atoms with Crippen LogP contribution in [0.25, 0.3) is 33.1 Å². The lowest BCUT2D eigenvalue weighted by Crippen LogP contribution is -2.32. The molecule has 1 aromatic heterocycles. The highest BCUT2D eigenvalue weighted by molar-refractivity contribution is 6.15. The first kappa shape index (κ1) is 21.7. The molecule has 0 aliphatic heterocycles. The molecule has 2 heteroatoms. The fourth-order valence-electron chi connectivity index (χ4n) is 5.85. The molecule has 0 saturated carbocycles. The van der Waals surface area contributed by atoms with Crippen LogP contribution in [0.5, 0.6) is 0 Å². The molecule has 0 radical (unpaired) electrons. The van der Waals surface area contributed by atoms with Gasteiger partial charge in [-0.1, -0.05) is 110 Å². The Morgan fingerprint density at radius 3 is 2.46 bits per heavy atom. The lowest BCUT2D eigenvalue weighted by molar-refractivity contribution is 0.482. The Morgan fingerprint density at radius 2 is 1.59 bits per heavy atom. The van der Waals surface area contributed by atoms with E-state index >= 15 is 0 Å². The Morgan fingerprint density at radius 1 is 0.784 bits per heavy atom. The van der Waals surface area contributed by atoms with Crippen LogP contribution in [0.4, 0.5) is 11.4 Å². The zero-order chi connectivity index (χ0) is 24.8. The topological polar surface area (TPSA) is 25.2 Å². The molecular formula is C35H27NO. The maximum atomic E-state index is 6.48. The first-order valence-electron chi connectivity index (χ1n) is 12.8. The maximum Gasteiger partial charge on any atom is 0.145 e. The van der Waals surface area contributed by atoms with Gasteiger partial charge in [0.15, 0.2) is 0 Å². The van der Waals surface area contributed by atoms with Crippen molar-refractivity contribution in [2.45, 2.75) is 12.3 Å². The van der Waals surface area contributed by atoms with Crippen LogP contribution in [0.1, 0.15) is 12.5 Å². The molecule has 0 fully saturated rings. The summed E-state index contributed by atoms with van der Waals surface area (Å²) in [6.07, 6.45) is 15.6. The van der Waals surface area contributed by atoms with E-state index in [1.807, 2.05) is 30.3 Å². The molecule has 178 valence electrons. The summed E-state index contributed by atoms with van der Waals surface area (Å²) in [4.78, 5) is 0. The number of fused-ring (bicyclic) bond motifs is 4. The number of allylic oxidation sites excluding steroid dienone is 8. The zero-order valence-electron chi connectivity index (χ0n) is 20.7. The molecule has 0 bridgehead atoms. The number of para-hydroxylation sites is 2. The number of hydrogen-bond donors (Lipinski definition) is 1. The van der Waals surface area contributed by atoms with Gasteiger partial charge in [0.25, 0.3) is 0 Å². The third-order valence-electron chi connectivity index (χ3n) is 7.84. The number of furan rings is 1. The Kier molecular flexibility index (Phi) is 5.00. The van der Waals surface area contributed by atoms with Gasteiger partial charge in [0.2, 0.25) is 0 Å². The van der Waals surface area contributed by atoms with Gasteiger partial charge in [0, 0.05) is 28.0 Å². The predicted molar refractivity (Wildman–Crippen MR) is 155 cm³/mol. The number of benzene rings is 4. The quantitative estimate of drug-likeness (QED) is 0.279. The lowest BCUT2D eigenvalue weighted by atomic mass is 9.65. The molecule has 5 aromatic rings. The number of nitrogens with one attached hydrogen (secondary N) is 1. The highest BCUT2D eigenvalue weighted by Crippen LogP contribution is 2.45. The summed E-state index contributed by atoms with van der Waals surface area (Å²) in [5, 5.41) is 5.83. The molecule has 7 rings (SSSR count). The summed E-state index contributed by atoms with van der Waals surface area (Å²) >= 11 is 0. The SMILES string of the molecule is CC1(c2ccc(-c3ccc(Nc4ccccc4)c4c3oc3ccccc34)cc2)C=CC=C2C=CC=CC21. The molecule has 2 unspecified atom stereocenters. The molecule has 0 spiro atoms. The van der Waals surface area contributed by atoms with Gasteiger partial charge in [-0.2, -0.15) is 0 Å². The van der Waals surface area contributed by atoms with Crippen molar-refractivity contribution in [1.29, 1.82) is 0 Å². The number of anilines is 2. The first-order chi connectivity index (χ1) is 18.2. The molecule has 37 heavy (non-hydrogen) atoms. The summed E-state index contributed by atoms with van der Waals surface area (Å²) in [7, 11) is 0. The van der Waals surface area contributed by atoms with E-state index in [4.69, 9.17) is 4.42 Å². The predicted octanol–water partition coefficient (Wildman–Crippen LogP) is 9.49. The fraction of sp³-hybridized carbons (Fsp3) is 0.0857. The Bertz CT molecular complexity index is 1750. The van der Waals surface area contributed by atoms with Gasteiger partial charge in [0.1, 0.15) is 11.2 Å². The minimum atomic E-state index is -0.0813. The second kappa shape index (κ2) is 8.53. The maximum absolute atomic E-state index is 6.48. The zero-order valence-corrected chi connectivity index (χ0v) is 20.7. The van der Waals surface area contributed by atoms with Crippen LogP contribution in [-0.4, -0.2) is 0 Å². The molecular weight excluding hydrogens is 450 g/mol. The van der Waals surface area contributed by atoms with Crippen molar-refractivity contribution >= 4 is 33.3 Å². The van der Waals surface area contributed by atoms with Crippen molar-refractivity contribution in [1.82, 2.24) is 0 Å². The van der Waals surface area contributed by atoms with Crippen LogP contribution < -0.4 is 5.32 Å². The second-order valence-corrected chi connectivity index (χ2v) is 10.1. The van der Waals surface area contributed by atoms with Crippen LogP contribution in [0.2, 0.25) is 0 Å². The van der Waals surface area contributed by atoms with Gasteiger partial charge in [-0.3, -0.25) is 0 Å². The lowest BCUT2D eigenvalue weighted by Gasteiger charge is -2.38. The van der Waals surface area contributed by atoms with Crippen LogP contribution in [0.3, 0.4) is 0 Å². The molecule has 4 aromatic carbocycles. The third kappa shape index (κ3) is 3.56. The second-order valence-electron chi connectivity index (χ2n) is 10.1. The monoisotopic (exact) mass is 477 g/mol. The normalized spacial score (nSPS) is 20.2. The summed E-state index contributed by atoms with van der Waals surface area (Å²) in [6, 6.07) is 31.9. The van der Waals surface area contributed by atoms with Crippen molar-refractivity contribution in [3.63, 3.8) is 0 Å². The van der Waals surface area contributed by atoms with Crippen molar-refractivity contribution in [2.24, 2.45) is 5.92 Å². The number of rotatable bonds is 4. The van der Waals surface area contributed by atoms with E-state index in [2.05, 4.69) is 115 Å². The Hall–Kier alpha value is -4.56. The van der Waals surface area contributed by atoms with Crippen molar-refractivity contribution in [3.05, 3.63) is 145 Å². The molecule has 2 nitrogen and oxygen atoms in total. The summed E-state index contributed by atoms with van der Waals surface area (Å²) in [5.74, 6) is 0.346. The highest BCUT2D eigenvalue weighted by Gasteiger charge is 2.35. The van der Waals surface area contributed by atoms with E-state index in [9.17, 15) is 0 Å². The third-order valence-corrected chi connectivity index (χ3v) is 7.84. The smallest absolute Gasteiger partial charge is 0.145 e. The Labute approximate surface area is 216 Å². The largest absolute Gasteiger partial charge is 0.455 e. The average Bonchev–Trinajstić information content (AvgIpc) is 3.34. The molecule has 0 saturated heterocycles. The van der Waals surface area contributed by atoms with Crippen molar-refractivity contribution in [2.75, 3.05) is 5.32 Å². The molecule has 2 aliphatic carbocycles. The Balaban J connectivity index is 1.32. The molecule has 2 aliphatic rings. The van der Waals surface area contributed by atoms with E-state index < -0.39 is 0 Å². The molecule has 1 N–H and O–H groups in total. The van der Waals surface area contributed by atoms with Crippen molar-refractivity contribution < 1.29 is 4.42 Å². The molecule has 1 heterocycles. The average molecular weight is 478 g/mol. The first-order valence-corrected chi connectivity index (χ1v) is 12.8. The standard InChI is InChI=1S/C35H27NO/c1-35(23-9-11-25-10-5-7-15-30(25)35)26-19-17-24(18-20-26)28-21-22-31(36-27-12-3-2-4-13-27)33-29-14-6-8-16-32(29)37-34(28)33/h2-23,30,36H,1H3. The summed E-state index contributed by atoms with van der Waals surface area (Å²) in [5.41, 5.74) is 8.75. The molecule has 2 atom stereocenters. The van der Waals surface area contributed by atoms with E-state index in [0.717, 1.165) is 44.4 Å². The van der Waals surface area contributed by atoms with Crippen LogP contribution in [0.15, 0.2) is 144 Å². The number of hydrogen-bond acceptors (Lipinski definition) is 2. The highest BCUT2D eigenvalue weighted by atomic mass is 16.3. The van der Waals surface area contributed by atoms with Crippen LogP contribution >= 0.6 is 0 Å². The van der Waals surface area contributed by atoms with Crippen LogP contribution in [0, 0.1) is 5.92 Å². The summed E-state index contributed by atoms with van der Waals surface area (Å²) < 4.78 is 6.48.